The summed E-state index contributed by atoms with van der Waals surface area (Å²) in [6.45, 7) is 0.635. The Balaban J connectivity index is 1.84. The van der Waals surface area contributed by atoms with Crippen molar-refractivity contribution in [3.8, 4) is 0 Å². The summed E-state index contributed by atoms with van der Waals surface area (Å²) in [7, 11) is 0. The zero-order chi connectivity index (χ0) is 14.8. The van der Waals surface area contributed by atoms with Gasteiger partial charge in [-0.1, -0.05) is 23.7 Å². The lowest BCUT2D eigenvalue weighted by molar-refractivity contribution is 1.13. The molecule has 0 bridgehead atoms. The van der Waals surface area contributed by atoms with Gasteiger partial charge in [0.2, 0.25) is 0 Å². The number of anilines is 1. The van der Waals surface area contributed by atoms with Gasteiger partial charge in [-0.3, -0.25) is 9.59 Å². The fourth-order valence-corrected chi connectivity index (χ4v) is 2.16. The third-order valence-electron chi connectivity index (χ3n) is 3.13. The lowest BCUT2D eigenvalue weighted by Crippen LogP contribution is -2.28. The highest BCUT2D eigenvalue weighted by molar-refractivity contribution is 6.30. The number of aromatic nitrogens is 2. The molecule has 0 spiro atoms. The molecule has 21 heavy (non-hydrogen) atoms. The van der Waals surface area contributed by atoms with E-state index in [-0.39, 0.29) is 0 Å². The Morgan fingerprint density at radius 2 is 1.57 bits per heavy atom. The molecule has 2 aromatic carbocycles. The zero-order valence-electron chi connectivity index (χ0n) is 10.9. The van der Waals surface area contributed by atoms with E-state index >= 15 is 0 Å². The van der Waals surface area contributed by atoms with Crippen LogP contribution in [0.2, 0.25) is 5.02 Å². The molecular formula is C15H12ClN3O2. The van der Waals surface area contributed by atoms with Gasteiger partial charge in [0, 0.05) is 17.3 Å². The van der Waals surface area contributed by atoms with Crippen molar-refractivity contribution in [3.63, 3.8) is 0 Å². The molecule has 0 aliphatic heterocycles. The first-order valence-corrected chi connectivity index (χ1v) is 6.74. The van der Waals surface area contributed by atoms with Gasteiger partial charge in [-0.25, -0.2) is 0 Å². The van der Waals surface area contributed by atoms with Gasteiger partial charge in [-0.15, -0.1) is 0 Å². The van der Waals surface area contributed by atoms with Crippen molar-refractivity contribution in [3.05, 3.63) is 73.8 Å². The van der Waals surface area contributed by atoms with Crippen molar-refractivity contribution in [2.45, 2.75) is 6.54 Å². The summed E-state index contributed by atoms with van der Waals surface area (Å²) < 4.78 is 0. The van der Waals surface area contributed by atoms with Gasteiger partial charge >= 0.3 is 11.1 Å². The Hall–Kier alpha value is -2.53. The number of hydrogen-bond donors (Lipinski definition) is 3. The number of H-pyrrole nitrogens is 2. The molecule has 3 aromatic rings. The normalized spacial score (nSPS) is 10.7. The number of fused-ring (bicyclic) bond motifs is 1. The molecule has 0 aliphatic carbocycles. The minimum atomic E-state index is -0.655. The second-order valence-electron chi connectivity index (χ2n) is 4.65. The molecule has 6 heteroatoms. The first kappa shape index (κ1) is 13.5. The molecule has 1 heterocycles. The minimum Gasteiger partial charge on any atom is -0.381 e. The summed E-state index contributed by atoms with van der Waals surface area (Å²) in [6.07, 6.45) is 0. The second-order valence-corrected chi connectivity index (χ2v) is 5.09. The van der Waals surface area contributed by atoms with E-state index in [4.69, 9.17) is 11.6 Å². The predicted molar refractivity (Wildman–Crippen MR) is 84.0 cm³/mol. The Morgan fingerprint density at radius 1 is 0.905 bits per heavy atom. The van der Waals surface area contributed by atoms with E-state index in [1.54, 1.807) is 12.1 Å². The summed E-state index contributed by atoms with van der Waals surface area (Å²) in [4.78, 5) is 27.6. The second kappa shape index (κ2) is 5.46. The molecule has 0 fully saturated rings. The Kier molecular flexibility index (Phi) is 3.50. The summed E-state index contributed by atoms with van der Waals surface area (Å²) in [5, 5.41) is 3.95. The number of hydrogen-bond acceptors (Lipinski definition) is 3. The van der Waals surface area contributed by atoms with E-state index in [1.807, 2.05) is 30.3 Å². The van der Waals surface area contributed by atoms with Gasteiger partial charge in [0.1, 0.15) is 0 Å². The molecule has 0 saturated heterocycles. The van der Waals surface area contributed by atoms with E-state index < -0.39 is 11.1 Å². The topological polar surface area (TPSA) is 77.8 Å². The molecule has 106 valence electrons. The molecular weight excluding hydrogens is 290 g/mol. The maximum Gasteiger partial charge on any atom is 0.314 e. The van der Waals surface area contributed by atoms with Crippen LogP contribution in [0.1, 0.15) is 5.56 Å². The Morgan fingerprint density at radius 3 is 2.29 bits per heavy atom. The molecule has 0 radical (unpaired) electrons. The van der Waals surface area contributed by atoms with Crippen LogP contribution in [0.5, 0.6) is 0 Å². The maximum absolute atomic E-state index is 11.3. The Bertz CT molecular complexity index is 897. The van der Waals surface area contributed by atoms with Crippen molar-refractivity contribution in [1.29, 1.82) is 0 Å². The predicted octanol–water partition coefficient (Wildman–Crippen LogP) is 2.48. The molecule has 1 aromatic heterocycles. The first-order chi connectivity index (χ1) is 10.1. The lowest BCUT2D eigenvalue weighted by Gasteiger charge is -2.07. The van der Waals surface area contributed by atoms with Crippen LogP contribution in [-0.4, -0.2) is 9.97 Å². The number of benzene rings is 2. The number of aromatic amines is 2. The summed E-state index contributed by atoms with van der Waals surface area (Å²) in [6, 6.07) is 12.9. The van der Waals surface area contributed by atoms with E-state index in [0.29, 0.717) is 22.6 Å². The van der Waals surface area contributed by atoms with Crippen molar-refractivity contribution in [2.75, 3.05) is 5.32 Å². The number of nitrogens with one attached hydrogen (secondary N) is 3. The standard InChI is InChI=1S/C15H12ClN3O2/c16-10-3-1-9(2-4-10)8-17-11-5-6-12-13(7-11)19-15(21)14(20)18-12/h1-7,17H,8H2,(H,18,20)(H,19,21). The molecule has 5 nitrogen and oxygen atoms in total. The van der Waals surface area contributed by atoms with Crippen LogP contribution >= 0.6 is 11.6 Å². The average Bonchev–Trinajstić information content (AvgIpc) is 2.48. The van der Waals surface area contributed by atoms with Crippen LogP contribution in [0.25, 0.3) is 11.0 Å². The van der Waals surface area contributed by atoms with Crippen LogP contribution < -0.4 is 16.4 Å². The highest BCUT2D eigenvalue weighted by Crippen LogP contribution is 2.15. The maximum atomic E-state index is 11.3. The lowest BCUT2D eigenvalue weighted by atomic mass is 10.2. The SMILES string of the molecule is O=c1[nH]c2ccc(NCc3ccc(Cl)cc3)cc2[nH]c1=O. The van der Waals surface area contributed by atoms with Gasteiger partial charge in [0.15, 0.2) is 0 Å². The number of halogens is 1. The van der Waals surface area contributed by atoms with E-state index in [1.165, 1.54) is 0 Å². The van der Waals surface area contributed by atoms with Crippen LogP contribution in [0, 0.1) is 0 Å². The third-order valence-corrected chi connectivity index (χ3v) is 3.38. The fourth-order valence-electron chi connectivity index (χ4n) is 2.03. The van der Waals surface area contributed by atoms with Crippen LogP contribution in [0.3, 0.4) is 0 Å². The van der Waals surface area contributed by atoms with Gasteiger partial charge in [0.05, 0.1) is 11.0 Å². The summed E-state index contributed by atoms with van der Waals surface area (Å²) >= 11 is 5.84. The zero-order valence-corrected chi connectivity index (χ0v) is 11.7. The van der Waals surface area contributed by atoms with Gasteiger partial charge < -0.3 is 15.3 Å². The monoisotopic (exact) mass is 301 g/mol. The number of rotatable bonds is 3. The van der Waals surface area contributed by atoms with Crippen molar-refractivity contribution in [1.82, 2.24) is 9.97 Å². The summed E-state index contributed by atoms with van der Waals surface area (Å²) in [5.41, 5.74) is 1.81. The molecule has 3 N–H and O–H groups in total. The highest BCUT2D eigenvalue weighted by atomic mass is 35.5. The smallest absolute Gasteiger partial charge is 0.314 e. The van der Waals surface area contributed by atoms with Crippen molar-refractivity contribution in [2.24, 2.45) is 0 Å². The molecule has 0 amide bonds. The van der Waals surface area contributed by atoms with Crippen molar-refractivity contribution >= 4 is 28.3 Å². The van der Waals surface area contributed by atoms with E-state index in [0.717, 1.165) is 11.3 Å². The van der Waals surface area contributed by atoms with Gasteiger partial charge in [-0.2, -0.15) is 0 Å². The highest BCUT2D eigenvalue weighted by Gasteiger charge is 2.01. The van der Waals surface area contributed by atoms with Gasteiger partial charge in [0.25, 0.3) is 0 Å². The van der Waals surface area contributed by atoms with Crippen LogP contribution in [0.4, 0.5) is 5.69 Å². The third kappa shape index (κ3) is 2.98. The van der Waals surface area contributed by atoms with Crippen LogP contribution in [0.15, 0.2) is 52.1 Å². The average molecular weight is 302 g/mol. The van der Waals surface area contributed by atoms with Crippen LogP contribution in [-0.2, 0) is 6.54 Å². The van der Waals surface area contributed by atoms with E-state index in [9.17, 15) is 9.59 Å². The summed E-state index contributed by atoms with van der Waals surface area (Å²) in [5.74, 6) is 0. The quantitative estimate of drug-likeness (QED) is 0.650. The first-order valence-electron chi connectivity index (χ1n) is 6.36. The molecule has 0 aliphatic rings. The molecule has 0 saturated carbocycles. The minimum absolute atomic E-state index is 0.584. The molecule has 0 unspecified atom stereocenters. The fraction of sp³-hybridized carbons (Fsp3) is 0.0667. The molecule has 3 rings (SSSR count). The Labute approximate surface area is 124 Å². The molecule has 0 atom stereocenters. The van der Waals surface area contributed by atoms with Crippen molar-refractivity contribution < 1.29 is 0 Å². The largest absolute Gasteiger partial charge is 0.381 e. The van der Waals surface area contributed by atoms with Gasteiger partial charge in [-0.05, 0) is 35.9 Å². The van der Waals surface area contributed by atoms with E-state index in [2.05, 4.69) is 15.3 Å².